The first-order valence-corrected chi connectivity index (χ1v) is 9.27. The summed E-state index contributed by atoms with van der Waals surface area (Å²) in [6.45, 7) is 12.7. The molecule has 138 valence electrons. The van der Waals surface area contributed by atoms with Crippen LogP contribution < -0.4 is 0 Å². The first-order chi connectivity index (χ1) is 12.5. The van der Waals surface area contributed by atoms with Crippen molar-refractivity contribution in [3.05, 3.63) is 49.1 Å². The second kappa shape index (κ2) is 7.40. The molecule has 0 saturated carbocycles. The van der Waals surface area contributed by atoms with Gasteiger partial charge in [-0.05, 0) is 44.1 Å². The van der Waals surface area contributed by atoms with Crippen molar-refractivity contribution < 1.29 is 4.79 Å². The van der Waals surface area contributed by atoms with Crippen molar-refractivity contribution in [2.45, 2.75) is 57.4 Å². The first kappa shape index (κ1) is 18.3. The highest BCUT2D eigenvalue weighted by atomic mass is 16.2. The molecular weight excluding hydrogens is 326 g/mol. The van der Waals surface area contributed by atoms with Gasteiger partial charge in [0.25, 0.3) is 11.7 Å². The van der Waals surface area contributed by atoms with Gasteiger partial charge in [0.05, 0.1) is 11.2 Å². The fourth-order valence-electron chi connectivity index (χ4n) is 3.95. The van der Waals surface area contributed by atoms with Gasteiger partial charge in [0.2, 0.25) is 0 Å². The second-order valence-corrected chi connectivity index (χ2v) is 7.32. The topological polar surface area (TPSA) is 63.4 Å². The third-order valence-corrected chi connectivity index (χ3v) is 5.23. The standard InChI is InChI=1S/C20H27N5O/c1-5-9-20(10-6-2)11-7-8-12-24(20)18(26)16-13-17(15(3)4)25-19(23-16)21-14-22-25/h5-6,13-15H,1-2,7-12H2,3-4H3. The molecule has 2 aromatic rings. The molecule has 26 heavy (non-hydrogen) atoms. The highest BCUT2D eigenvalue weighted by Crippen LogP contribution is 2.36. The molecule has 1 amide bonds. The molecule has 1 fully saturated rings. The number of aromatic nitrogens is 4. The number of rotatable bonds is 6. The van der Waals surface area contributed by atoms with Gasteiger partial charge in [0.15, 0.2) is 0 Å². The van der Waals surface area contributed by atoms with Crippen LogP contribution in [0.1, 0.15) is 68.1 Å². The van der Waals surface area contributed by atoms with Gasteiger partial charge in [-0.25, -0.2) is 9.50 Å². The average molecular weight is 353 g/mol. The van der Waals surface area contributed by atoms with E-state index in [1.54, 1.807) is 4.52 Å². The number of hydrogen-bond donors (Lipinski definition) is 0. The van der Waals surface area contributed by atoms with Crippen molar-refractivity contribution in [3.8, 4) is 0 Å². The van der Waals surface area contributed by atoms with Crippen molar-refractivity contribution >= 4 is 11.7 Å². The van der Waals surface area contributed by atoms with Gasteiger partial charge in [-0.15, -0.1) is 13.2 Å². The Balaban J connectivity index is 2.05. The number of piperidine rings is 1. The summed E-state index contributed by atoms with van der Waals surface area (Å²) in [6, 6.07) is 1.86. The maximum atomic E-state index is 13.4. The summed E-state index contributed by atoms with van der Waals surface area (Å²) in [4.78, 5) is 24.1. The molecule has 0 unspecified atom stereocenters. The summed E-state index contributed by atoms with van der Waals surface area (Å²) in [5.74, 6) is 0.636. The molecule has 0 aliphatic carbocycles. The minimum absolute atomic E-state index is 0.0409. The molecule has 3 heterocycles. The van der Waals surface area contributed by atoms with Crippen LogP contribution >= 0.6 is 0 Å². The van der Waals surface area contributed by atoms with Gasteiger partial charge in [-0.1, -0.05) is 26.0 Å². The summed E-state index contributed by atoms with van der Waals surface area (Å²) < 4.78 is 1.71. The Morgan fingerprint density at radius 1 is 1.31 bits per heavy atom. The summed E-state index contributed by atoms with van der Waals surface area (Å²) >= 11 is 0. The van der Waals surface area contributed by atoms with E-state index < -0.39 is 0 Å². The van der Waals surface area contributed by atoms with Gasteiger partial charge in [-0.2, -0.15) is 10.1 Å². The Labute approximate surface area is 154 Å². The molecule has 6 nitrogen and oxygen atoms in total. The Bertz CT molecular complexity index is 813. The van der Waals surface area contributed by atoms with E-state index in [2.05, 4.69) is 42.1 Å². The predicted molar refractivity (Wildman–Crippen MR) is 102 cm³/mol. The molecule has 1 aliphatic heterocycles. The third kappa shape index (κ3) is 3.16. The maximum Gasteiger partial charge on any atom is 0.273 e. The van der Waals surface area contributed by atoms with Crippen molar-refractivity contribution in [3.63, 3.8) is 0 Å². The van der Waals surface area contributed by atoms with Gasteiger partial charge in [0.1, 0.15) is 12.0 Å². The monoisotopic (exact) mass is 353 g/mol. The van der Waals surface area contributed by atoms with Crippen LogP contribution in [0, 0.1) is 0 Å². The number of carbonyl (C=O) groups excluding carboxylic acids is 1. The molecule has 2 aromatic heterocycles. The van der Waals surface area contributed by atoms with E-state index >= 15 is 0 Å². The van der Waals surface area contributed by atoms with Crippen molar-refractivity contribution in [1.29, 1.82) is 0 Å². The average Bonchev–Trinajstić information content (AvgIpc) is 3.09. The highest BCUT2D eigenvalue weighted by Gasteiger charge is 2.40. The fourth-order valence-corrected chi connectivity index (χ4v) is 3.95. The van der Waals surface area contributed by atoms with Gasteiger partial charge in [0, 0.05) is 6.54 Å². The smallest absolute Gasteiger partial charge is 0.273 e. The lowest BCUT2D eigenvalue weighted by molar-refractivity contribution is 0.0324. The van der Waals surface area contributed by atoms with Crippen LogP contribution in [-0.4, -0.2) is 42.5 Å². The van der Waals surface area contributed by atoms with Crippen molar-refractivity contribution in [1.82, 2.24) is 24.5 Å². The van der Waals surface area contributed by atoms with E-state index in [-0.39, 0.29) is 17.4 Å². The lowest BCUT2D eigenvalue weighted by Crippen LogP contribution is -2.54. The highest BCUT2D eigenvalue weighted by molar-refractivity contribution is 5.93. The van der Waals surface area contributed by atoms with E-state index in [4.69, 9.17) is 0 Å². The zero-order valence-electron chi connectivity index (χ0n) is 15.7. The number of hydrogen-bond acceptors (Lipinski definition) is 4. The molecule has 0 spiro atoms. The molecular formula is C20H27N5O. The Kier molecular flexibility index (Phi) is 5.20. The van der Waals surface area contributed by atoms with E-state index in [1.807, 2.05) is 23.1 Å². The molecule has 0 radical (unpaired) electrons. The quantitative estimate of drug-likeness (QED) is 0.742. The van der Waals surface area contributed by atoms with Crippen LogP contribution in [0.3, 0.4) is 0 Å². The lowest BCUT2D eigenvalue weighted by Gasteiger charge is -2.46. The minimum Gasteiger partial charge on any atom is -0.331 e. The van der Waals surface area contributed by atoms with Crippen LogP contribution in [0.4, 0.5) is 0 Å². The number of carbonyl (C=O) groups is 1. The zero-order chi connectivity index (χ0) is 18.7. The molecule has 1 saturated heterocycles. The number of amides is 1. The van der Waals surface area contributed by atoms with Crippen LogP contribution in [0.2, 0.25) is 0 Å². The predicted octanol–water partition coefficient (Wildman–Crippen LogP) is 3.76. The van der Waals surface area contributed by atoms with Crippen LogP contribution in [0.25, 0.3) is 5.78 Å². The van der Waals surface area contributed by atoms with Crippen molar-refractivity contribution in [2.24, 2.45) is 0 Å². The van der Waals surface area contributed by atoms with Gasteiger partial charge < -0.3 is 4.90 Å². The van der Waals surface area contributed by atoms with Gasteiger partial charge >= 0.3 is 0 Å². The summed E-state index contributed by atoms with van der Waals surface area (Å²) in [6.07, 6.45) is 9.88. The molecule has 0 atom stereocenters. The van der Waals surface area contributed by atoms with E-state index in [1.165, 1.54) is 6.33 Å². The Morgan fingerprint density at radius 3 is 2.69 bits per heavy atom. The Hall–Kier alpha value is -2.50. The summed E-state index contributed by atoms with van der Waals surface area (Å²) in [5.41, 5.74) is 1.12. The Morgan fingerprint density at radius 2 is 2.04 bits per heavy atom. The van der Waals surface area contributed by atoms with Crippen LogP contribution in [-0.2, 0) is 0 Å². The minimum atomic E-state index is -0.252. The SMILES string of the molecule is C=CCC1(CC=C)CCCCN1C(=O)c1cc(C(C)C)n2ncnc2n1. The van der Waals surface area contributed by atoms with Crippen LogP contribution in [0.5, 0.6) is 0 Å². The molecule has 0 aromatic carbocycles. The van der Waals surface area contributed by atoms with E-state index in [9.17, 15) is 4.79 Å². The van der Waals surface area contributed by atoms with Crippen LogP contribution in [0.15, 0.2) is 37.7 Å². The number of fused-ring (bicyclic) bond motifs is 1. The van der Waals surface area contributed by atoms with E-state index in [0.717, 1.165) is 44.3 Å². The molecule has 0 bridgehead atoms. The first-order valence-electron chi connectivity index (χ1n) is 9.27. The number of likely N-dealkylation sites (tertiary alicyclic amines) is 1. The number of nitrogens with zero attached hydrogens (tertiary/aromatic N) is 5. The van der Waals surface area contributed by atoms with Gasteiger partial charge in [-0.3, -0.25) is 4.79 Å². The zero-order valence-corrected chi connectivity index (χ0v) is 15.7. The maximum absolute atomic E-state index is 13.4. The fraction of sp³-hybridized carbons (Fsp3) is 0.500. The lowest BCUT2D eigenvalue weighted by atomic mass is 9.80. The second-order valence-electron chi connectivity index (χ2n) is 7.32. The molecule has 1 aliphatic rings. The summed E-state index contributed by atoms with van der Waals surface area (Å²) in [7, 11) is 0. The largest absolute Gasteiger partial charge is 0.331 e. The molecule has 6 heteroatoms. The van der Waals surface area contributed by atoms with Crippen molar-refractivity contribution in [2.75, 3.05) is 6.54 Å². The third-order valence-electron chi connectivity index (χ3n) is 5.23. The summed E-state index contributed by atoms with van der Waals surface area (Å²) in [5, 5.41) is 4.23. The molecule has 3 rings (SSSR count). The molecule has 0 N–H and O–H groups in total. The normalized spacial score (nSPS) is 16.8. The van der Waals surface area contributed by atoms with E-state index in [0.29, 0.717) is 11.5 Å².